The normalized spacial score (nSPS) is 25.6. The van der Waals surface area contributed by atoms with E-state index in [1.54, 1.807) is 12.1 Å². The van der Waals surface area contributed by atoms with Gasteiger partial charge in [-0.2, -0.15) is 0 Å². The van der Waals surface area contributed by atoms with Crippen molar-refractivity contribution in [1.29, 1.82) is 0 Å². The minimum absolute atomic E-state index is 0.172. The molecule has 1 aromatic rings. The maximum absolute atomic E-state index is 13.0. The van der Waals surface area contributed by atoms with E-state index in [9.17, 15) is 9.50 Å². The standard InChI is InChI=1S/C14H18ClFO/c15-12-9-10(6-7-13(12)16)8-11-4-2-1-3-5-14(11)17/h6-7,9,11,14,17H,1-5,8H2. The molecular weight excluding hydrogens is 239 g/mol. The Morgan fingerprint density at radius 2 is 2.00 bits per heavy atom. The molecule has 1 aliphatic rings. The van der Waals surface area contributed by atoms with E-state index < -0.39 is 0 Å². The molecular formula is C14H18ClFO. The van der Waals surface area contributed by atoms with Gasteiger partial charge in [0.2, 0.25) is 0 Å². The van der Waals surface area contributed by atoms with Crippen LogP contribution in [0.3, 0.4) is 0 Å². The summed E-state index contributed by atoms with van der Waals surface area (Å²) in [4.78, 5) is 0. The lowest BCUT2D eigenvalue weighted by atomic mass is 9.90. The zero-order valence-electron chi connectivity index (χ0n) is 9.83. The molecule has 94 valence electrons. The molecule has 0 aliphatic heterocycles. The highest BCUT2D eigenvalue weighted by atomic mass is 35.5. The van der Waals surface area contributed by atoms with Gasteiger partial charge in [0.25, 0.3) is 0 Å². The van der Waals surface area contributed by atoms with Crippen molar-refractivity contribution in [2.75, 3.05) is 0 Å². The van der Waals surface area contributed by atoms with Crippen LogP contribution in [0.15, 0.2) is 18.2 Å². The number of aliphatic hydroxyl groups is 1. The maximum Gasteiger partial charge on any atom is 0.141 e. The Morgan fingerprint density at radius 3 is 2.76 bits per heavy atom. The first-order chi connectivity index (χ1) is 8.16. The molecule has 0 radical (unpaired) electrons. The largest absolute Gasteiger partial charge is 0.393 e. The zero-order valence-corrected chi connectivity index (χ0v) is 10.6. The van der Waals surface area contributed by atoms with Gasteiger partial charge in [-0.15, -0.1) is 0 Å². The molecule has 1 N–H and O–H groups in total. The molecule has 3 heteroatoms. The SMILES string of the molecule is OC1CCCCCC1Cc1ccc(F)c(Cl)c1. The van der Waals surface area contributed by atoms with Crippen LogP contribution in [0, 0.1) is 11.7 Å². The monoisotopic (exact) mass is 256 g/mol. The first kappa shape index (κ1) is 12.8. The molecule has 0 heterocycles. The van der Waals surface area contributed by atoms with Gasteiger partial charge in [0.05, 0.1) is 11.1 Å². The summed E-state index contributed by atoms with van der Waals surface area (Å²) in [5.41, 5.74) is 1.02. The predicted octanol–water partition coefficient (Wildman–Crippen LogP) is 3.96. The highest BCUT2D eigenvalue weighted by molar-refractivity contribution is 6.30. The maximum atomic E-state index is 13.0. The van der Waals surface area contributed by atoms with Crippen LogP contribution in [-0.2, 0) is 6.42 Å². The molecule has 1 saturated carbocycles. The molecule has 2 atom stereocenters. The Balaban J connectivity index is 2.05. The van der Waals surface area contributed by atoms with E-state index in [0.29, 0.717) is 5.92 Å². The highest BCUT2D eigenvalue weighted by Crippen LogP contribution is 2.27. The molecule has 1 nitrogen and oxygen atoms in total. The Bertz CT molecular complexity index is 380. The lowest BCUT2D eigenvalue weighted by Gasteiger charge is -2.20. The number of hydrogen-bond donors (Lipinski definition) is 1. The van der Waals surface area contributed by atoms with Gasteiger partial charge in [0, 0.05) is 0 Å². The number of benzene rings is 1. The van der Waals surface area contributed by atoms with Crippen molar-refractivity contribution in [2.45, 2.75) is 44.6 Å². The van der Waals surface area contributed by atoms with Crippen LogP contribution in [0.1, 0.15) is 37.7 Å². The van der Waals surface area contributed by atoms with Crippen LogP contribution >= 0.6 is 11.6 Å². The van der Waals surface area contributed by atoms with Gasteiger partial charge in [-0.3, -0.25) is 0 Å². The van der Waals surface area contributed by atoms with Crippen molar-refractivity contribution < 1.29 is 9.50 Å². The molecule has 1 aromatic carbocycles. The van der Waals surface area contributed by atoms with Crippen LogP contribution in [-0.4, -0.2) is 11.2 Å². The van der Waals surface area contributed by atoms with Crippen molar-refractivity contribution in [3.8, 4) is 0 Å². The van der Waals surface area contributed by atoms with E-state index in [0.717, 1.165) is 31.2 Å². The van der Waals surface area contributed by atoms with E-state index in [1.807, 2.05) is 0 Å². The van der Waals surface area contributed by atoms with Crippen molar-refractivity contribution in [2.24, 2.45) is 5.92 Å². The zero-order chi connectivity index (χ0) is 12.3. The Kier molecular flexibility index (Phi) is 4.41. The fourth-order valence-electron chi connectivity index (χ4n) is 2.57. The van der Waals surface area contributed by atoms with Gasteiger partial charge in [-0.05, 0) is 42.9 Å². The lowest BCUT2D eigenvalue weighted by Crippen LogP contribution is -2.21. The lowest BCUT2D eigenvalue weighted by molar-refractivity contribution is 0.101. The Hall–Kier alpha value is -0.600. The summed E-state index contributed by atoms with van der Waals surface area (Å²) >= 11 is 5.76. The second-order valence-corrected chi connectivity index (χ2v) is 5.33. The second kappa shape index (κ2) is 5.83. The number of halogens is 2. The third kappa shape index (κ3) is 3.43. The quantitative estimate of drug-likeness (QED) is 0.794. The van der Waals surface area contributed by atoms with E-state index in [4.69, 9.17) is 11.6 Å². The van der Waals surface area contributed by atoms with E-state index in [-0.39, 0.29) is 16.9 Å². The summed E-state index contributed by atoms with van der Waals surface area (Å²) in [5, 5.41) is 10.2. The van der Waals surface area contributed by atoms with E-state index in [2.05, 4.69) is 0 Å². The van der Waals surface area contributed by atoms with Crippen LogP contribution in [0.4, 0.5) is 4.39 Å². The third-order valence-electron chi connectivity index (χ3n) is 3.60. The average molecular weight is 257 g/mol. The van der Waals surface area contributed by atoms with Crippen LogP contribution < -0.4 is 0 Å². The molecule has 0 amide bonds. The molecule has 0 spiro atoms. The average Bonchev–Trinajstić information content (AvgIpc) is 2.50. The fraction of sp³-hybridized carbons (Fsp3) is 0.571. The van der Waals surface area contributed by atoms with Gasteiger partial charge < -0.3 is 5.11 Å². The Morgan fingerprint density at radius 1 is 1.24 bits per heavy atom. The summed E-state index contributed by atoms with van der Waals surface area (Å²) < 4.78 is 13.0. The number of aliphatic hydroxyl groups excluding tert-OH is 1. The minimum atomic E-state index is -0.378. The summed E-state index contributed by atoms with van der Waals surface area (Å²) in [6.07, 6.45) is 6.01. The van der Waals surface area contributed by atoms with Gasteiger partial charge in [0.1, 0.15) is 5.82 Å². The smallest absolute Gasteiger partial charge is 0.141 e. The predicted molar refractivity (Wildman–Crippen MR) is 67.7 cm³/mol. The van der Waals surface area contributed by atoms with Crippen molar-refractivity contribution in [3.63, 3.8) is 0 Å². The molecule has 0 saturated heterocycles. The fourth-order valence-corrected chi connectivity index (χ4v) is 2.78. The van der Waals surface area contributed by atoms with E-state index in [1.165, 1.54) is 18.9 Å². The van der Waals surface area contributed by atoms with Crippen LogP contribution in [0.25, 0.3) is 0 Å². The van der Waals surface area contributed by atoms with Crippen LogP contribution in [0.5, 0.6) is 0 Å². The van der Waals surface area contributed by atoms with Gasteiger partial charge in [-0.25, -0.2) is 4.39 Å². The summed E-state index contributed by atoms with van der Waals surface area (Å²) in [6, 6.07) is 4.84. The van der Waals surface area contributed by atoms with Crippen molar-refractivity contribution >= 4 is 11.6 Å². The number of hydrogen-bond acceptors (Lipinski definition) is 1. The summed E-state index contributed by atoms with van der Waals surface area (Å²) in [5.74, 6) is -0.0872. The van der Waals surface area contributed by atoms with Gasteiger partial charge >= 0.3 is 0 Å². The molecule has 17 heavy (non-hydrogen) atoms. The minimum Gasteiger partial charge on any atom is -0.393 e. The summed E-state index contributed by atoms with van der Waals surface area (Å²) in [7, 11) is 0. The Labute approximate surface area is 107 Å². The third-order valence-corrected chi connectivity index (χ3v) is 3.89. The first-order valence-corrected chi connectivity index (χ1v) is 6.66. The molecule has 2 unspecified atom stereocenters. The molecule has 0 aromatic heterocycles. The summed E-state index contributed by atoms with van der Waals surface area (Å²) in [6.45, 7) is 0. The van der Waals surface area contributed by atoms with Crippen molar-refractivity contribution in [1.82, 2.24) is 0 Å². The molecule has 0 bridgehead atoms. The van der Waals surface area contributed by atoms with Crippen molar-refractivity contribution in [3.05, 3.63) is 34.6 Å². The first-order valence-electron chi connectivity index (χ1n) is 6.29. The molecule has 1 fully saturated rings. The topological polar surface area (TPSA) is 20.2 Å². The van der Waals surface area contributed by atoms with E-state index >= 15 is 0 Å². The second-order valence-electron chi connectivity index (χ2n) is 4.92. The molecule has 1 aliphatic carbocycles. The van der Waals surface area contributed by atoms with Gasteiger partial charge in [0.15, 0.2) is 0 Å². The number of rotatable bonds is 2. The van der Waals surface area contributed by atoms with Gasteiger partial charge in [-0.1, -0.05) is 36.9 Å². The molecule has 2 rings (SSSR count). The van der Waals surface area contributed by atoms with Crippen LogP contribution in [0.2, 0.25) is 5.02 Å². The highest BCUT2D eigenvalue weighted by Gasteiger charge is 2.21.